The van der Waals surface area contributed by atoms with E-state index in [4.69, 9.17) is 4.74 Å². The molecular weight excluding hydrogens is 396 g/mol. The highest BCUT2D eigenvalue weighted by molar-refractivity contribution is 5.96. The summed E-state index contributed by atoms with van der Waals surface area (Å²) in [7, 11) is 0. The molecule has 2 aliphatic heterocycles. The first kappa shape index (κ1) is 19.8. The van der Waals surface area contributed by atoms with Crippen molar-refractivity contribution in [2.45, 2.75) is 25.1 Å². The average molecular weight is 414 g/mol. The minimum absolute atomic E-state index is 0.104. The molecule has 2 aromatic rings. The molecule has 4 rings (SSSR count). The lowest BCUT2D eigenvalue weighted by atomic mass is 10.1. The summed E-state index contributed by atoms with van der Waals surface area (Å²) in [6.45, 7) is 3.46. The fourth-order valence-electron chi connectivity index (χ4n) is 3.64. The molecule has 156 valence electrons. The van der Waals surface area contributed by atoms with Crippen molar-refractivity contribution in [2.75, 3.05) is 37.7 Å². The number of alkyl halides is 3. The Labute approximate surface area is 163 Å². The van der Waals surface area contributed by atoms with Gasteiger partial charge in [0.15, 0.2) is 0 Å². The quantitative estimate of drug-likeness (QED) is 0.717. The van der Waals surface area contributed by atoms with Gasteiger partial charge in [-0.25, -0.2) is 4.39 Å². The van der Waals surface area contributed by atoms with Crippen molar-refractivity contribution in [1.82, 2.24) is 15.0 Å². The lowest BCUT2D eigenvalue weighted by Gasteiger charge is -2.33. The first-order chi connectivity index (χ1) is 13.8. The molecule has 1 aromatic heterocycles. The van der Waals surface area contributed by atoms with Crippen molar-refractivity contribution in [1.29, 1.82) is 0 Å². The highest BCUT2D eigenvalue weighted by Crippen LogP contribution is 2.33. The number of carbonyl (C=O) groups excluding carboxylic acids is 1. The molecule has 2 saturated heterocycles. The predicted molar refractivity (Wildman–Crippen MR) is 92.5 cm³/mol. The van der Waals surface area contributed by atoms with Gasteiger partial charge in [-0.2, -0.15) is 18.2 Å². The first-order valence-electron chi connectivity index (χ1n) is 9.16. The molecule has 0 saturated carbocycles. The number of carbonyl (C=O) groups is 1. The molecule has 29 heavy (non-hydrogen) atoms. The van der Waals surface area contributed by atoms with E-state index in [1.165, 1.54) is 12.1 Å². The maximum Gasteiger partial charge on any atom is 0.471 e. The summed E-state index contributed by atoms with van der Waals surface area (Å²) in [6, 6.07) is 3.76. The van der Waals surface area contributed by atoms with E-state index in [1.807, 2.05) is 0 Å². The third-order valence-corrected chi connectivity index (χ3v) is 5.04. The molecule has 7 nitrogen and oxygen atoms in total. The average Bonchev–Trinajstić information content (AvgIpc) is 3.30. The summed E-state index contributed by atoms with van der Waals surface area (Å²) >= 11 is 0. The lowest BCUT2D eigenvalue weighted by Crippen LogP contribution is -2.46. The second kappa shape index (κ2) is 7.71. The van der Waals surface area contributed by atoms with Crippen LogP contribution in [0.5, 0.6) is 0 Å². The molecule has 1 atom stereocenters. The monoisotopic (exact) mass is 414 g/mol. The van der Waals surface area contributed by atoms with Crippen LogP contribution in [-0.4, -0.2) is 59.8 Å². The second-order valence-corrected chi connectivity index (χ2v) is 6.95. The molecular formula is C18H18F4N4O3. The fourth-order valence-corrected chi connectivity index (χ4v) is 3.64. The number of hydrogen-bond acceptors (Lipinski definition) is 6. The molecule has 0 bridgehead atoms. The Kier molecular flexibility index (Phi) is 5.26. The van der Waals surface area contributed by atoms with E-state index in [-0.39, 0.29) is 17.5 Å². The third kappa shape index (κ3) is 4.10. The van der Waals surface area contributed by atoms with Gasteiger partial charge in [0.2, 0.25) is 11.7 Å². The largest absolute Gasteiger partial charge is 0.471 e. The number of hydrogen-bond donors (Lipinski definition) is 0. The zero-order valence-electron chi connectivity index (χ0n) is 15.3. The van der Waals surface area contributed by atoms with Crippen LogP contribution in [0.1, 0.15) is 18.7 Å². The van der Waals surface area contributed by atoms with Crippen LogP contribution >= 0.6 is 0 Å². The number of nitrogens with zero attached hydrogens (tertiary/aromatic N) is 4. The SMILES string of the molecule is O=C1CCC(CN2CCOCC2)N1c1ccc(-c2noc(C(F)(F)F)n2)c(F)c1. The van der Waals surface area contributed by atoms with E-state index in [0.717, 1.165) is 19.2 Å². The van der Waals surface area contributed by atoms with Crippen molar-refractivity contribution in [2.24, 2.45) is 0 Å². The minimum Gasteiger partial charge on any atom is -0.379 e. The zero-order valence-corrected chi connectivity index (χ0v) is 15.3. The van der Waals surface area contributed by atoms with Crippen LogP contribution in [0.3, 0.4) is 0 Å². The van der Waals surface area contributed by atoms with Crippen LogP contribution in [0.25, 0.3) is 11.4 Å². The van der Waals surface area contributed by atoms with E-state index in [1.54, 1.807) is 4.90 Å². The number of amides is 1. The van der Waals surface area contributed by atoms with Crippen LogP contribution in [0, 0.1) is 5.82 Å². The Balaban J connectivity index is 1.55. The van der Waals surface area contributed by atoms with Crippen molar-refractivity contribution in [3.63, 3.8) is 0 Å². The number of halogens is 4. The molecule has 2 aliphatic rings. The van der Waals surface area contributed by atoms with Gasteiger partial charge in [-0.15, -0.1) is 0 Å². The van der Waals surface area contributed by atoms with Crippen LogP contribution in [0.15, 0.2) is 22.7 Å². The maximum atomic E-state index is 14.6. The smallest absolute Gasteiger partial charge is 0.379 e. The summed E-state index contributed by atoms with van der Waals surface area (Å²) in [6.07, 6.45) is -3.80. The van der Waals surface area contributed by atoms with Crippen molar-refractivity contribution in [3.8, 4) is 11.4 Å². The van der Waals surface area contributed by atoms with E-state index >= 15 is 0 Å². The molecule has 0 N–H and O–H groups in total. The van der Waals surface area contributed by atoms with E-state index in [9.17, 15) is 22.4 Å². The number of benzene rings is 1. The van der Waals surface area contributed by atoms with Crippen molar-refractivity contribution >= 4 is 11.6 Å². The number of aromatic nitrogens is 2. The maximum absolute atomic E-state index is 14.6. The Hall–Kier alpha value is -2.53. The molecule has 1 amide bonds. The minimum atomic E-state index is -4.81. The van der Waals surface area contributed by atoms with Crippen LogP contribution in [0.2, 0.25) is 0 Å². The van der Waals surface area contributed by atoms with Gasteiger partial charge in [0, 0.05) is 31.7 Å². The first-order valence-corrected chi connectivity index (χ1v) is 9.16. The van der Waals surface area contributed by atoms with Gasteiger partial charge in [0.05, 0.1) is 24.8 Å². The summed E-state index contributed by atoms with van der Waals surface area (Å²) in [4.78, 5) is 19.4. The Morgan fingerprint density at radius 3 is 2.62 bits per heavy atom. The highest BCUT2D eigenvalue weighted by Gasteiger charge is 2.39. The molecule has 1 unspecified atom stereocenters. The van der Waals surface area contributed by atoms with Crippen LogP contribution in [0.4, 0.5) is 23.2 Å². The molecule has 0 radical (unpaired) electrons. The Bertz CT molecular complexity index is 895. The van der Waals surface area contributed by atoms with Gasteiger partial charge in [-0.3, -0.25) is 9.69 Å². The summed E-state index contributed by atoms with van der Waals surface area (Å²) < 4.78 is 62.0. The number of rotatable bonds is 4. The van der Waals surface area contributed by atoms with E-state index in [2.05, 4.69) is 19.6 Å². The number of ether oxygens (including phenoxy) is 1. The topological polar surface area (TPSA) is 71.7 Å². The number of anilines is 1. The van der Waals surface area contributed by atoms with Gasteiger partial charge in [-0.05, 0) is 24.6 Å². The van der Waals surface area contributed by atoms with E-state index < -0.39 is 23.7 Å². The molecule has 0 spiro atoms. The third-order valence-electron chi connectivity index (χ3n) is 5.04. The van der Waals surface area contributed by atoms with Crippen molar-refractivity contribution < 1.29 is 31.6 Å². The van der Waals surface area contributed by atoms with Gasteiger partial charge < -0.3 is 14.2 Å². The van der Waals surface area contributed by atoms with Gasteiger partial charge in [-0.1, -0.05) is 5.16 Å². The van der Waals surface area contributed by atoms with Gasteiger partial charge >= 0.3 is 12.1 Å². The van der Waals surface area contributed by atoms with Crippen LogP contribution < -0.4 is 4.90 Å². The molecule has 2 fully saturated rings. The molecule has 1 aromatic carbocycles. The Morgan fingerprint density at radius 1 is 1.21 bits per heavy atom. The predicted octanol–water partition coefficient (Wildman–Crippen LogP) is 2.72. The molecule has 11 heteroatoms. The zero-order chi connectivity index (χ0) is 20.6. The summed E-state index contributed by atoms with van der Waals surface area (Å²) in [5, 5.41) is 3.20. The van der Waals surface area contributed by atoms with Gasteiger partial charge in [0.1, 0.15) is 5.82 Å². The number of morpholine rings is 1. The lowest BCUT2D eigenvalue weighted by molar-refractivity contribution is -0.159. The fraction of sp³-hybridized carbons (Fsp3) is 0.500. The van der Waals surface area contributed by atoms with E-state index in [0.29, 0.717) is 38.3 Å². The summed E-state index contributed by atoms with van der Waals surface area (Å²) in [5.74, 6) is -2.99. The second-order valence-electron chi connectivity index (χ2n) is 6.95. The molecule has 3 heterocycles. The normalized spacial score (nSPS) is 21.2. The van der Waals surface area contributed by atoms with Crippen LogP contribution in [-0.2, 0) is 15.7 Å². The summed E-state index contributed by atoms with van der Waals surface area (Å²) in [5.41, 5.74) is 0.121. The van der Waals surface area contributed by atoms with Crippen molar-refractivity contribution in [3.05, 3.63) is 29.9 Å². The standard InChI is InChI=1S/C18H18F4N4O3/c19-14-9-11(1-3-13(14)16-23-17(29-24-16)18(20,21)22)26-12(2-4-15(26)27)10-25-5-7-28-8-6-25/h1,3,9,12H,2,4-8,10H2. The van der Waals surface area contributed by atoms with Gasteiger partial charge in [0.25, 0.3) is 0 Å². The molecule has 0 aliphatic carbocycles. The Morgan fingerprint density at radius 2 is 1.97 bits per heavy atom. The highest BCUT2D eigenvalue weighted by atomic mass is 19.4.